The molecule has 0 amide bonds. The number of ether oxygens (including phenoxy) is 1. The zero-order valence-corrected chi connectivity index (χ0v) is 12.8. The van der Waals surface area contributed by atoms with Gasteiger partial charge in [-0.15, -0.1) is 0 Å². The van der Waals surface area contributed by atoms with E-state index in [-0.39, 0.29) is 5.97 Å². The molecule has 0 unspecified atom stereocenters. The number of benzene rings is 2. The SMILES string of the molecule is COC(=O)c1ccc2nc(Br)c(-c3ccccc3)nc2c1. The van der Waals surface area contributed by atoms with Gasteiger partial charge in [0, 0.05) is 5.56 Å². The van der Waals surface area contributed by atoms with Crippen LogP contribution in [-0.2, 0) is 4.74 Å². The normalized spacial score (nSPS) is 10.6. The second-order valence-corrected chi connectivity index (χ2v) is 5.18. The number of methoxy groups -OCH3 is 1. The summed E-state index contributed by atoms with van der Waals surface area (Å²) in [6.45, 7) is 0. The quantitative estimate of drug-likeness (QED) is 0.664. The van der Waals surface area contributed by atoms with E-state index >= 15 is 0 Å². The molecule has 0 N–H and O–H groups in total. The van der Waals surface area contributed by atoms with Gasteiger partial charge in [-0.2, -0.15) is 0 Å². The predicted molar refractivity (Wildman–Crippen MR) is 84.0 cm³/mol. The van der Waals surface area contributed by atoms with Crippen LogP contribution in [0, 0.1) is 0 Å². The molecule has 0 aliphatic rings. The topological polar surface area (TPSA) is 52.1 Å². The number of rotatable bonds is 2. The van der Waals surface area contributed by atoms with Gasteiger partial charge in [0.25, 0.3) is 0 Å². The molecule has 0 aliphatic heterocycles. The highest BCUT2D eigenvalue weighted by molar-refractivity contribution is 9.10. The van der Waals surface area contributed by atoms with E-state index in [1.807, 2.05) is 30.3 Å². The first-order valence-corrected chi connectivity index (χ1v) is 7.09. The molecule has 0 spiro atoms. The van der Waals surface area contributed by atoms with E-state index in [4.69, 9.17) is 4.74 Å². The third kappa shape index (κ3) is 2.64. The Labute approximate surface area is 129 Å². The average Bonchev–Trinajstić information content (AvgIpc) is 2.54. The first-order valence-electron chi connectivity index (χ1n) is 6.30. The fourth-order valence-electron chi connectivity index (χ4n) is 2.06. The van der Waals surface area contributed by atoms with Gasteiger partial charge in [0.05, 0.1) is 23.7 Å². The third-order valence-corrected chi connectivity index (χ3v) is 3.64. The van der Waals surface area contributed by atoms with Crippen molar-refractivity contribution in [3.05, 3.63) is 58.7 Å². The number of aromatic nitrogens is 2. The van der Waals surface area contributed by atoms with Crippen molar-refractivity contribution < 1.29 is 9.53 Å². The van der Waals surface area contributed by atoms with Crippen LogP contribution in [0.4, 0.5) is 0 Å². The highest BCUT2D eigenvalue weighted by Gasteiger charge is 2.11. The van der Waals surface area contributed by atoms with Gasteiger partial charge >= 0.3 is 5.97 Å². The second kappa shape index (κ2) is 5.61. The number of esters is 1. The van der Waals surface area contributed by atoms with Gasteiger partial charge in [-0.1, -0.05) is 30.3 Å². The van der Waals surface area contributed by atoms with Crippen molar-refractivity contribution >= 4 is 32.9 Å². The Morgan fingerprint density at radius 1 is 1.05 bits per heavy atom. The molecule has 2 aromatic carbocycles. The van der Waals surface area contributed by atoms with Crippen molar-refractivity contribution in [2.75, 3.05) is 7.11 Å². The highest BCUT2D eigenvalue weighted by atomic mass is 79.9. The standard InChI is InChI=1S/C16H11BrN2O2/c1-21-16(20)11-7-8-12-13(9-11)18-14(15(17)19-12)10-5-3-2-4-6-10/h2-9H,1H3. The second-order valence-electron chi connectivity index (χ2n) is 4.42. The van der Waals surface area contributed by atoms with Gasteiger partial charge < -0.3 is 4.74 Å². The zero-order chi connectivity index (χ0) is 14.8. The molecule has 1 aromatic heterocycles. The molecule has 4 nitrogen and oxygen atoms in total. The van der Waals surface area contributed by atoms with E-state index in [0.717, 1.165) is 11.3 Å². The summed E-state index contributed by atoms with van der Waals surface area (Å²) in [5, 5.41) is 0. The van der Waals surface area contributed by atoms with Crippen LogP contribution in [-0.4, -0.2) is 23.0 Å². The molecule has 0 bridgehead atoms. The van der Waals surface area contributed by atoms with Gasteiger partial charge in [0.15, 0.2) is 0 Å². The van der Waals surface area contributed by atoms with Crippen LogP contribution in [0.2, 0.25) is 0 Å². The van der Waals surface area contributed by atoms with Crippen LogP contribution < -0.4 is 0 Å². The smallest absolute Gasteiger partial charge is 0.337 e. The van der Waals surface area contributed by atoms with Crippen molar-refractivity contribution in [2.24, 2.45) is 0 Å². The highest BCUT2D eigenvalue weighted by Crippen LogP contribution is 2.27. The van der Waals surface area contributed by atoms with Gasteiger partial charge in [0.2, 0.25) is 0 Å². The Morgan fingerprint density at radius 3 is 2.52 bits per heavy atom. The lowest BCUT2D eigenvalue weighted by molar-refractivity contribution is 0.0601. The van der Waals surface area contributed by atoms with Crippen LogP contribution in [0.1, 0.15) is 10.4 Å². The van der Waals surface area contributed by atoms with Crippen LogP contribution in [0.3, 0.4) is 0 Å². The molecule has 0 atom stereocenters. The largest absolute Gasteiger partial charge is 0.465 e. The fourth-order valence-corrected chi connectivity index (χ4v) is 2.57. The number of hydrogen-bond acceptors (Lipinski definition) is 4. The Kier molecular flexibility index (Phi) is 3.66. The van der Waals surface area contributed by atoms with Crippen LogP contribution in [0.15, 0.2) is 53.1 Å². The van der Waals surface area contributed by atoms with E-state index in [9.17, 15) is 4.79 Å². The van der Waals surface area contributed by atoms with Gasteiger partial charge in [0.1, 0.15) is 10.3 Å². The minimum absolute atomic E-state index is 0.386. The maximum Gasteiger partial charge on any atom is 0.337 e. The first-order chi connectivity index (χ1) is 10.2. The minimum Gasteiger partial charge on any atom is -0.465 e. The van der Waals surface area contributed by atoms with Crippen molar-refractivity contribution in [3.8, 4) is 11.3 Å². The zero-order valence-electron chi connectivity index (χ0n) is 11.2. The summed E-state index contributed by atoms with van der Waals surface area (Å²) >= 11 is 3.45. The molecule has 21 heavy (non-hydrogen) atoms. The number of fused-ring (bicyclic) bond motifs is 1. The first kappa shape index (κ1) is 13.7. The lowest BCUT2D eigenvalue weighted by Crippen LogP contribution is -2.01. The third-order valence-electron chi connectivity index (χ3n) is 3.09. The summed E-state index contributed by atoms with van der Waals surface area (Å²) in [7, 11) is 1.36. The van der Waals surface area contributed by atoms with E-state index in [1.54, 1.807) is 18.2 Å². The Morgan fingerprint density at radius 2 is 1.81 bits per heavy atom. The van der Waals surface area contributed by atoms with Gasteiger partial charge in [-0.05, 0) is 34.1 Å². The number of carbonyl (C=O) groups is 1. The number of halogens is 1. The van der Waals surface area contributed by atoms with E-state index in [0.29, 0.717) is 21.2 Å². The molecular formula is C16H11BrN2O2. The molecule has 0 saturated carbocycles. The van der Waals surface area contributed by atoms with Crippen LogP contribution in [0.25, 0.3) is 22.3 Å². The van der Waals surface area contributed by atoms with Crippen molar-refractivity contribution in [2.45, 2.75) is 0 Å². The Bertz CT molecular complexity index is 819. The van der Waals surface area contributed by atoms with Gasteiger partial charge in [-0.25, -0.2) is 14.8 Å². The van der Waals surface area contributed by atoms with Crippen molar-refractivity contribution in [3.63, 3.8) is 0 Å². The lowest BCUT2D eigenvalue weighted by Gasteiger charge is -2.06. The summed E-state index contributed by atoms with van der Waals surface area (Å²) in [4.78, 5) is 20.7. The molecule has 1 heterocycles. The molecule has 0 saturated heterocycles. The molecule has 5 heteroatoms. The van der Waals surface area contributed by atoms with E-state index < -0.39 is 0 Å². The Hall–Kier alpha value is -2.27. The van der Waals surface area contributed by atoms with Gasteiger partial charge in [-0.3, -0.25) is 0 Å². The Balaban J connectivity index is 2.19. The molecule has 0 fully saturated rings. The fraction of sp³-hybridized carbons (Fsp3) is 0.0625. The van der Waals surface area contributed by atoms with Crippen LogP contribution >= 0.6 is 15.9 Å². The van der Waals surface area contributed by atoms with Crippen LogP contribution in [0.5, 0.6) is 0 Å². The van der Waals surface area contributed by atoms with Crippen molar-refractivity contribution in [1.29, 1.82) is 0 Å². The number of nitrogens with zero attached hydrogens (tertiary/aromatic N) is 2. The predicted octanol–water partition coefficient (Wildman–Crippen LogP) is 3.85. The lowest BCUT2D eigenvalue weighted by atomic mass is 10.1. The molecule has 3 rings (SSSR count). The summed E-state index contributed by atoms with van der Waals surface area (Å²) in [6, 6.07) is 14.9. The molecule has 0 aliphatic carbocycles. The molecule has 0 radical (unpaired) electrons. The molecular weight excluding hydrogens is 332 g/mol. The number of carbonyl (C=O) groups excluding carboxylic acids is 1. The summed E-state index contributed by atoms with van der Waals surface area (Å²) in [5.74, 6) is -0.386. The maximum atomic E-state index is 11.6. The minimum atomic E-state index is -0.386. The van der Waals surface area contributed by atoms with E-state index in [1.165, 1.54) is 7.11 Å². The van der Waals surface area contributed by atoms with Crippen molar-refractivity contribution in [1.82, 2.24) is 9.97 Å². The molecule has 104 valence electrons. The molecule has 3 aromatic rings. The maximum absolute atomic E-state index is 11.6. The summed E-state index contributed by atoms with van der Waals surface area (Å²) in [5.41, 5.74) is 3.53. The number of hydrogen-bond donors (Lipinski definition) is 0. The monoisotopic (exact) mass is 342 g/mol. The average molecular weight is 343 g/mol. The van der Waals surface area contributed by atoms with E-state index in [2.05, 4.69) is 25.9 Å². The summed E-state index contributed by atoms with van der Waals surface area (Å²) in [6.07, 6.45) is 0. The summed E-state index contributed by atoms with van der Waals surface area (Å²) < 4.78 is 5.40.